The van der Waals surface area contributed by atoms with Crippen molar-refractivity contribution in [2.45, 2.75) is 51.7 Å². The van der Waals surface area contributed by atoms with Gasteiger partial charge in [0.15, 0.2) is 0 Å². The molecule has 170 valence electrons. The van der Waals surface area contributed by atoms with Crippen molar-refractivity contribution in [3.8, 4) is 0 Å². The van der Waals surface area contributed by atoms with Crippen LogP contribution in [0.3, 0.4) is 0 Å². The van der Waals surface area contributed by atoms with Crippen molar-refractivity contribution in [2.24, 2.45) is 0 Å². The topological polar surface area (TPSA) is 96.5 Å². The first-order valence-corrected chi connectivity index (χ1v) is 9.82. The molecule has 9 heteroatoms. The van der Waals surface area contributed by atoms with Gasteiger partial charge >= 0.3 is 12.1 Å². The fourth-order valence-corrected chi connectivity index (χ4v) is 2.31. The average molecular weight is 426 g/mol. The highest BCUT2D eigenvalue weighted by molar-refractivity contribution is 5.92. The quantitative estimate of drug-likeness (QED) is 0.269. The zero-order chi connectivity index (χ0) is 23.4. The lowest BCUT2D eigenvalue weighted by molar-refractivity contribution is -0.156. The summed E-state index contributed by atoms with van der Waals surface area (Å²) in [5.74, 6) is -1.40. The molecule has 0 saturated heterocycles. The predicted molar refractivity (Wildman–Crippen MR) is 114 cm³/mol. The minimum absolute atomic E-state index is 0.171. The van der Waals surface area contributed by atoms with Crippen molar-refractivity contribution in [1.29, 1.82) is 0 Å². The molecule has 0 heterocycles. The standard InChI is InChI=1S/C21H35N3O6/c1-9-11-13-29-20(27)17(5)23(7)18(25)15(3)22(6)19(26)16(4)24(8)21(28)30-14-12-10-2/h9-10,15-17H,1-2,11-14H2,3-8H3. The summed E-state index contributed by atoms with van der Waals surface area (Å²) in [5, 5.41) is 0. The molecule has 0 N–H and O–H groups in total. The van der Waals surface area contributed by atoms with Gasteiger partial charge in [0.2, 0.25) is 11.8 Å². The maximum absolute atomic E-state index is 12.8. The van der Waals surface area contributed by atoms with Gasteiger partial charge in [0.25, 0.3) is 0 Å². The van der Waals surface area contributed by atoms with Crippen LogP contribution in [0.15, 0.2) is 25.3 Å². The number of amides is 3. The van der Waals surface area contributed by atoms with E-state index in [1.165, 1.54) is 35.8 Å². The Morgan fingerprint density at radius 2 is 1.13 bits per heavy atom. The molecule has 0 radical (unpaired) electrons. The molecule has 0 spiro atoms. The first kappa shape index (κ1) is 27.2. The number of ether oxygens (including phenoxy) is 2. The number of esters is 1. The van der Waals surface area contributed by atoms with Gasteiger partial charge in [-0.2, -0.15) is 0 Å². The van der Waals surface area contributed by atoms with Crippen LogP contribution in [0.2, 0.25) is 0 Å². The van der Waals surface area contributed by atoms with Crippen molar-refractivity contribution < 1.29 is 28.7 Å². The average Bonchev–Trinajstić information content (AvgIpc) is 2.74. The van der Waals surface area contributed by atoms with Crippen LogP contribution in [0.25, 0.3) is 0 Å². The summed E-state index contributed by atoms with van der Waals surface area (Å²) >= 11 is 0. The third-order valence-electron chi connectivity index (χ3n) is 4.90. The summed E-state index contributed by atoms with van der Waals surface area (Å²) in [4.78, 5) is 53.3. The normalized spacial score (nSPS) is 13.3. The molecule has 0 aliphatic rings. The SMILES string of the molecule is C=CCCOC(=O)C(C)N(C)C(=O)C(C)N(C)C(=O)C(C)N(C)C(=O)OCCC=C. The van der Waals surface area contributed by atoms with E-state index in [1.807, 2.05) is 0 Å². The second-order valence-corrected chi connectivity index (χ2v) is 6.97. The largest absolute Gasteiger partial charge is 0.464 e. The van der Waals surface area contributed by atoms with E-state index in [0.29, 0.717) is 12.8 Å². The van der Waals surface area contributed by atoms with Crippen LogP contribution in [0.4, 0.5) is 4.79 Å². The Hall–Kier alpha value is -2.84. The van der Waals surface area contributed by atoms with E-state index >= 15 is 0 Å². The predicted octanol–water partition coefficient (Wildman–Crippen LogP) is 1.83. The lowest BCUT2D eigenvalue weighted by atomic mass is 10.2. The van der Waals surface area contributed by atoms with Crippen molar-refractivity contribution in [3.63, 3.8) is 0 Å². The van der Waals surface area contributed by atoms with Gasteiger partial charge in [0, 0.05) is 21.1 Å². The highest BCUT2D eigenvalue weighted by atomic mass is 16.6. The van der Waals surface area contributed by atoms with E-state index in [1.54, 1.807) is 32.9 Å². The monoisotopic (exact) mass is 425 g/mol. The van der Waals surface area contributed by atoms with E-state index in [9.17, 15) is 19.2 Å². The Morgan fingerprint density at radius 1 is 0.733 bits per heavy atom. The maximum atomic E-state index is 12.8. The van der Waals surface area contributed by atoms with E-state index in [0.717, 1.165) is 0 Å². The molecule has 0 fully saturated rings. The number of carbonyl (C=O) groups is 4. The molecule has 3 amide bonds. The number of rotatable bonds is 12. The van der Waals surface area contributed by atoms with Gasteiger partial charge in [-0.05, 0) is 33.6 Å². The Bertz CT molecular complexity index is 582. The Morgan fingerprint density at radius 3 is 1.60 bits per heavy atom. The van der Waals surface area contributed by atoms with Gasteiger partial charge in [-0.25, -0.2) is 9.59 Å². The minimum Gasteiger partial charge on any atom is -0.464 e. The first-order valence-electron chi connectivity index (χ1n) is 9.82. The van der Waals surface area contributed by atoms with Crippen LogP contribution in [0.1, 0.15) is 33.6 Å². The molecule has 3 atom stereocenters. The summed E-state index contributed by atoms with van der Waals surface area (Å²) in [5.41, 5.74) is 0. The molecule has 0 aliphatic heterocycles. The van der Waals surface area contributed by atoms with Crippen LogP contribution in [-0.4, -0.2) is 91.1 Å². The molecule has 0 aromatic carbocycles. The molecule has 0 aromatic heterocycles. The fraction of sp³-hybridized carbons (Fsp3) is 0.619. The Labute approximate surface area is 179 Å². The zero-order valence-electron chi connectivity index (χ0n) is 18.9. The number of hydrogen-bond acceptors (Lipinski definition) is 6. The van der Waals surface area contributed by atoms with Crippen LogP contribution in [0.5, 0.6) is 0 Å². The van der Waals surface area contributed by atoms with E-state index in [4.69, 9.17) is 9.47 Å². The molecule has 30 heavy (non-hydrogen) atoms. The summed E-state index contributed by atoms with van der Waals surface area (Å²) < 4.78 is 10.1. The molecule has 0 bridgehead atoms. The van der Waals surface area contributed by atoms with Gasteiger partial charge in [-0.3, -0.25) is 14.5 Å². The van der Waals surface area contributed by atoms with Gasteiger partial charge in [0.05, 0.1) is 13.2 Å². The summed E-state index contributed by atoms with van der Waals surface area (Å²) in [6.45, 7) is 12.1. The van der Waals surface area contributed by atoms with Crippen LogP contribution in [0, 0.1) is 0 Å². The third-order valence-corrected chi connectivity index (χ3v) is 4.90. The zero-order valence-corrected chi connectivity index (χ0v) is 18.9. The Balaban J connectivity index is 4.96. The number of nitrogens with zero attached hydrogens (tertiary/aromatic N) is 3. The highest BCUT2D eigenvalue weighted by Crippen LogP contribution is 2.10. The highest BCUT2D eigenvalue weighted by Gasteiger charge is 2.34. The molecule has 3 unspecified atom stereocenters. The van der Waals surface area contributed by atoms with Gasteiger partial charge in [0.1, 0.15) is 18.1 Å². The summed E-state index contributed by atoms with van der Waals surface area (Å²) in [7, 11) is 4.40. The van der Waals surface area contributed by atoms with Gasteiger partial charge in [-0.15, -0.1) is 13.2 Å². The first-order chi connectivity index (χ1) is 14.0. The summed E-state index contributed by atoms with van der Waals surface area (Å²) in [6.07, 6.45) is 3.63. The molecule has 0 aromatic rings. The molecule has 0 aliphatic carbocycles. The van der Waals surface area contributed by atoms with Crippen LogP contribution >= 0.6 is 0 Å². The molecule has 0 rings (SSSR count). The van der Waals surface area contributed by atoms with Crippen molar-refractivity contribution in [1.82, 2.24) is 14.7 Å². The molecule has 9 nitrogen and oxygen atoms in total. The van der Waals surface area contributed by atoms with Crippen molar-refractivity contribution in [3.05, 3.63) is 25.3 Å². The summed E-state index contributed by atoms with van der Waals surface area (Å²) in [6, 6.07) is -2.50. The molecule has 0 saturated carbocycles. The molecular weight excluding hydrogens is 390 g/mol. The second kappa shape index (κ2) is 13.4. The fourth-order valence-electron chi connectivity index (χ4n) is 2.31. The van der Waals surface area contributed by atoms with E-state index in [-0.39, 0.29) is 13.2 Å². The molecular formula is C21H35N3O6. The number of carbonyl (C=O) groups excluding carboxylic acids is 4. The van der Waals surface area contributed by atoms with Crippen LogP contribution < -0.4 is 0 Å². The number of hydrogen-bond donors (Lipinski definition) is 0. The van der Waals surface area contributed by atoms with Gasteiger partial charge < -0.3 is 19.3 Å². The second-order valence-electron chi connectivity index (χ2n) is 6.97. The minimum atomic E-state index is -0.849. The van der Waals surface area contributed by atoms with Gasteiger partial charge in [-0.1, -0.05) is 12.2 Å². The maximum Gasteiger partial charge on any atom is 0.410 e. The lowest BCUT2D eigenvalue weighted by Crippen LogP contribution is -2.54. The number of likely N-dealkylation sites (N-methyl/N-ethyl adjacent to an activating group) is 3. The lowest BCUT2D eigenvalue weighted by Gasteiger charge is -2.33. The van der Waals surface area contributed by atoms with E-state index < -0.39 is 42.0 Å². The van der Waals surface area contributed by atoms with Crippen molar-refractivity contribution >= 4 is 23.9 Å². The Kier molecular flexibility index (Phi) is 12.1. The van der Waals surface area contributed by atoms with E-state index in [2.05, 4.69) is 13.2 Å². The third kappa shape index (κ3) is 7.88. The van der Waals surface area contributed by atoms with Crippen LogP contribution in [-0.2, 0) is 23.9 Å². The smallest absolute Gasteiger partial charge is 0.410 e. The van der Waals surface area contributed by atoms with Crippen molar-refractivity contribution in [2.75, 3.05) is 34.4 Å².